The molecule has 30 heavy (non-hydrogen) atoms. The monoisotopic (exact) mass is 410 g/mol. The van der Waals surface area contributed by atoms with Crippen molar-refractivity contribution < 1.29 is 9.47 Å². The van der Waals surface area contributed by atoms with E-state index in [9.17, 15) is 0 Å². The first-order chi connectivity index (χ1) is 14.7. The maximum atomic E-state index is 5.88. The smallest absolute Gasteiger partial charge is 0.191 e. The first-order valence-electron chi connectivity index (χ1n) is 10.8. The van der Waals surface area contributed by atoms with Gasteiger partial charge in [0.25, 0.3) is 0 Å². The Labute approximate surface area is 180 Å². The van der Waals surface area contributed by atoms with Gasteiger partial charge in [0.1, 0.15) is 12.4 Å². The van der Waals surface area contributed by atoms with Crippen molar-refractivity contribution in [1.29, 1.82) is 0 Å². The van der Waals surface area contributed by atoms with E-state index in [2.05, 4.69) is 32.7 Å². The van der Waals surface area contributed by atoms with Gasteiger partial charge in [-0.15, -0.1) is 0 Å². The highest BCUT2D eigenvalue weighted by Crippen LogP contribution is 2.40. The van der Waals surface area contributed by atoms with Gasteiger partial charge in [-0.25, -0.2) is 0 Å². The molecule has 1 aliphatic carbocycles. The van der Waals surface area contributed by atoms with Crippen molar-refractivity contribution in [2.45, 2.75) is 45.3 Å². The quantitative estimate of drug-likeness (QED) is 0.459. The molecule has 3 rings (SSSR count). The molecular formula is C24H34N4O2. The molecule has 0 spiro atoms. The molecule has 0 aliphatic heterocycles. The van der Waals surface area contributed by atoms with E-state index < -0.39 is 0 Å². The molecule has 0 unspecified atom stereocenters. The summed E-state index contributed by atoms with van der Waals surface area (Å²) in [6.45, 7) is 2.90. The number of methoxy groups -OCH3 is 1. The van der Waals surface area contributed by atoms with E-state index in [0.717, 1.165) is 42.5 Å². The third-order valence-electron chi connectivity index (χ3n) is 5.83. The molecule has 0 atom stereocenters. The maximum absolute atomic E-state index is 5.88. The summed E-state index contributed by atoms with van der Waals surface area (Å²) in [7, 11) is 3.60. The zero-order chi connectivity index (χ0) is 21.1. The normalized spacial score (nSPS) is 15.7. The third-order valence-corrected chi connectivity index (χ3v) is 5.83. The lowest BCUT2D eigenvalue weighted by molar-refractivity contribution is 0.138. The number of nitrogens with zero attached hydrogens (tertiary/aromatic N) is 2. The fraction of sp³-hybridized carbons (Fsp3) is 0.500. The summed E-state index contributed by atoms with van der Waals surface area (Å²) >= 11 is 0. The van der Waals surface area contributed by atoms with Gasteiger partial charge in [0.2, 0.25) is 0 Å². The molecule has 1 aromatic heterocycles. The van der Waals surface area contributed by atoms with Gasteiger partial charge in [0.05, 0.1) is 5.69 Å². The SMILES string of the molecule is CN=C(NCc1cccc(OCc2ccccn2)c1)NCC1(CCOC)CCCC1. The number of aromatic nitrogens is 1. The Morgan fingerprint density at radius 3 is 2.73 bits per heavy atom. The Kier molecular flexibility index (Phi) is 8.51. The van der Waals surface area contributed by atoms with Gasteiger partial charge in [-0.2, -0.15) is 0 Å². The number of pyridine rings is 1. The molecule has 0 saturated heterocycles. The Morgan fingerprint density at radius 1 is 1.13 bits per heavy atom. The molecule has 2 aromatic rings. The van der Waals surface area contributed by atoms with Gasteiger partial charge in [0, 0.05) is 40.1 Å². The summed E-state index contributed by atoms with van der Waals surface area (Å²) in [5, 5.41) is 6.96. The van der Waals surface area contributed by atoms with Crippen molar-refractivity contribution in [3.8, 4) is 5.75 Å². The van der Waals surface area contributed by atoms with Crippen LogP contribution in [0.4, 0.5) is 0 Å². The van der Waals surface area contributed by atoms with Crippen LogP contribution < -0.4 is 15.4 Å². The summed E-state index contributed by atoms with van der Waals surface area (Å²) in [5.74, 6) is 1.67. The molecule has 1 fully saturated rings. The van der Waals surface area contributed by atoms with E-state index >= 15 is 0 Å². The first-order valence-corrected chi connectivity index (χ1v) is 10.8. The Balaban J connectivity index is 1.48. The van der Waals surface area contributed by atoms with Crippen molar-refractivity contribution in [1.82, 2.24) is 15.6 Å². The van der Waals surface area contributed by atoms with Crippen LogP contribution in [0.15, 0.2) is 53.7 Å². The van der Waals surface area contributed by atoms with Crippen LogP contribution in [-0.4, -0.2) is 38.3 Å². The molecule has 6 nitrogen and oxygen atoms in total. The number of hydrogen-bond donors (Lipinski definition) is 2. The Morgan fingerprint density at radius 2 is 2.00 bits per heavy atom. The van der Waals surface area contributed by atoms with Gasteiger partial charge in [0.15, 0.2) is 5.96 Å². The van der Waals surface area contributed by atoms with Crippen LogP contribution in [0.3, 0.4) is 0 Å². The fourth-order valence-corrected chi connectivity index (χ4v) is 4.02. The lowest BCUT2D eigenvalue weighted by Gasteiger charge is -2.30. The molecule has 162 valence electrons. The van der Waals surface area contributed by atoms with E-state index in [1.807, 2.05) is 37.4 Å². The second-order valence-electron chi connectivity index (χ2n) is 7.99. The summed E-state index contributed by atoms with van der Waals surface area (Å²) in [5.41, 5.74) is 2.39. The largest absolute Gasteiger partial charge is 0.487 e. The van der Waals surface area contributed by atoms with Crippen molar-refractivity contribution in [2.75, 3.05) is 27.3 Å². The zero-order valence-electron chi connectivity index (χ0n) is 18.2. The Hall–Kier alpha value is -2.60. The van der Waals surface area contributed by atoms with Crippen LogP contribution in [0, 0.1) is 5.41 Å². The van der Waals surface area contributed by atoms with Crippen LogP contribution in [0.25, 0.3) is 0 Å². The lowest BCUT2D eigenvalue weighted by atomic mass is 9.83. The highest BCUT2D eigenvalue weighted by molar-refractivity contribution is 5.79. The van der Waals surface area contributed by atoms with Gasteiger partial charge >= 0.3 is 0 Å². The molecule has 6 heteroatoms. The maximum Gasteiger partial charge on any atom is 0.191 e. The predicted molar refractivity (Wildman–Crippen MR) is 121 cm³/mol. The number of hydrogen-bond acceptors (Lipinski definition) is 4. The number of aliphatic imine (C=N–C) groups is 1. The minimum absolute atomic E-state index is 0.326. The molecule has 1 saturated carbocycles. The molecule has 1 aromatic carbocycles. The third kappa shape index (κ3) is 6.73. The van der Waals surface area contributed by atoms with E-state index in [0.29, 0.717) is 18.6 Å². The molecule has 1 heterocycles. The average Bonchev–Trinajstić information content (AvgIpc) is 3.26. The highest BCUT2D eigenvalue weighted by atomic mass is 16.5. The molecule has 0 bridgehead atoms. The number of nitrogens with one attached hydrogen (secondary N) is 2. The van der Waals surface area contributed by atoms with E-state index in [1.54, 1.807) is 13.3 Å². The van der Waals surface area contributed by atoms with Crippen molar-refractivity contribution in [3.05, 3.63) is 59.9 Å². The molecule has 0 radical (unpaired) electrons. The summed E-state index contributed by atoms with van der Waals surface area (Å²) in [6, 6.07) is 14.0. The van der Waals surface area contributed by atoms with Crippen molar-refractivity contribution in [2.24, 2.45) is 10.4 Å². The summed E-state index contributed by atoms with van der Waals surface area (Å²) < 4.78 is 11.2. The predicted octanol–water partition coefficient (Wildman–Crippen LogP) is 3.92. The molecule has 0 amide bonds. The summed E-state index contributed by atoms with van der Waals surface area (Å²) in [6.07, 6.45) is 8.02. The van der Waals surface area contributed by atoms with Gasteiger partial charge in [-0.1, -0.05) is 31.0 Å². The molecule has 2 N–H and O–H groups in total. The molecular weight excluding hydrogens is 376 g/mol. The van der Waals surface area contributed by atoms with Crippen LogP contribution >= 0.6 is 0 Å². The van der Waals surface area contributed by atoms with Gasteiger partial charge in [-0.05, 0) is 54.5 Å². The fourth-order valence-electron chi connectivity index (χ4n) is 4.02. The van der Waals surface area contributed by atoms with E-state index in [-0.39, 0.29) is 0 Å². The minimum Gasteiger partial charge on any atom is -0.487 e. The summed E-state index contributed by atoms with van der Waals surface area (Å²) in [4.78, 5) is 8.69. The standard InChI is InChI=1S/C24H34N4O2/c1-25-23(28-19-24(13-15-29-2)11-4-5-12-24)27-17-20-8-7-10-22(16-20)30-18-21-9-3-6-14-26-21/h3,6-10,14,16H,4-5,11-13,15,17-19H2,1-2H3,(H2,25,27,28). The zero-order valence-corrected chi connectivity index (χ0v) is 18.2. The van der Waals surface area contributed by atoms with Gasteiger partial charge in [-0.3, -0.25) is 9.98 Å². The number of ether oxygens (including phenoxy) is 2. The van der Waals surface area contributed by atoms with E-state index in [4.69, 9.17) is 9.47 Å². The lowest BCUT2D eigenvalue weighted by Crippen LogP contribution is -2.43. The van der Waals surface area contributed by atoms with Crippen molar-refractivity contribution >= 4 is 5.96 Å². The second-order valence-corrected chi connectivity index (χ2v) is 7.99. The Bertz CT molecular complexity index is 789. The average molecular weight is 411 g/mol. The first kappa shape index (κ1) is 22.1. The highest BCUT2D eigenvalue weighted by Gasteiger charge is 2.33. The molecule has 1 aliphatic rings. The number of guanidine groups is 1. The van der Waals surface area contributed by atoms with E-state index in [1.165, 1.54) is 25.7 Å². The van der Waals surface area contributed by atoms with Gasteiger partial charge < -0.3 is 20.1 Å². The van der Waals surface area contributed by atoms with Crippen LogP contribution in [-0.2, 0) is 17.9 Å². The van der Waals surface area contributed by atoms with Crippen LogP contribution in [0.1, 0.15) is 43.4 Å². The van der Waals surface area contributed by atoms with Crippen LogP contribution in [0.5, 0.6) is 5.75 Å². The topological polar surface area (TPSA) is 67.8 Å². The minimum atomic E-state index is 0.326. The number of benzene rings is 1. The number of rotatable bonds is 10. The second kappa shape index (κ2) is 11.6. The van der Waals surface area contributed by atoms with Crippen molar-refractivity contribution in [3.63, 3.8) is 0 Å². The van der Waals surface area contributed by atoms with Crippen LogP contribution in [0.2, 0.25) is 0 Å².